The standard InChI is InChI=1S/C19H28O/c1-18-11-4-3-5-13(18)6-7-14-15-8-9-17(20)19(15,2)12-10-16(14)18/h8,13-14,16H,3-7,9-12H2,1-2H3/t13-,14+,16-,18-,19+/m1/s1. The van der Waals surface area contributed by atoms with Gasteiger partial charge in [-0.25, -0.2) is 0 Å². The van der Waals surface area contributed by atoms with Crippen LogP contribution < -0.4 is 0 Å². The van der Waals surface area contributed by atoms with Gasteiger partial charge in [0.15, 0.2) is 0 Å². The second kappa shape index (κ2) is 4.21. The van der Waals surface area contributed by atoms with Crippen LogP contribution in [0.3, 0.4) is 0 Å². The maximum absolute atomic E-state index is 12.3. The summed E-state index contributed by atoms with van der Waals surface area (Å²) in [5.74, 6) is 3.08. The molecule has 1 nitrogen and oxygen atoms in total. The topological polar surface area (TPSA) is 17.1 Å². The fourth-order valence-corrected chi connectivity index (χ4v) is 6.44. The van der Waals surface area contributed by atoms with E-state index in [9.17, 15) is 4.79 Å². The lowest BCUT2D eigenvalue weighted by Crippen LogP contribution is -2.50. The molecule has 110 valence electrons. The van der Waals surface area contributed by atoms with Gasteiger partial charge in [-0.15, -0.1) is 0 Å². The maximum atomic E-state index is 12.3. The first-order valence-electron chi connectivity index (χ1n) is 8.79. The molecule has 0 saturated heterocycles. The number of carbonyl (C=O) groups excluding carboxylic acids is 1. The summed E-state index contributed by atoms with van der Waals surface area (Å²) < 4.78 is 0. The fourth-order valence-electron chi connectivity index (χ4n) is 6.44. The van der Waals surface area contributed by atoms with Gasteiger partial charge in [-0.3, -0.25) is 4.79 Å². The van der Waals surface area contributed by atoms with Gasteiger partial charge in [0.2, 0.25) is 0 Å². The van der Waals surface area contributed by atoms with Gasteiger partial charge in [-0.05, 0) is 68.6 Å². The van der Waals surface area contributed by atoms with Crippen molar-refractivity contribution in [1.82, 2.24) is 0 Å². The van der Waals surface area contributed by atoms with Crippen molar-refractivity contribution < 1.29 is 4.79 Å². The summed E-state index contributed by atoms with van der Waals surface area (Å²) in [6, 6.07) is 0. The molecule has 0 N–H and O–H groups in total. The molecular weight excluding hydrogens is 244 g/mol. The number of rotatable bonds is 0. The maximum Gasteiger partial charge on any atom is 0.146 e. The van der Waals surface area contributed by atoms with Gasteiger partial charge in [0, 0.05) is 11.8 Å². The number of fused-ring (bicyclic) bond motifs is 5. The number of Topliss-reactive ketones (excluding diaryl/α,β-unsaturated/α-hetero) is 1. The zero-order valence-electron chi connectivity index (χ0n) is 13.1. The third-order valence-corrected chi connectivity index (χ3v) is 7.72. The summed E-state index contributed by atoms with van der Waals surface area (Å²) in [7, 11) is 0. The third kappa shape index (κ3) is 1.53. The van der Waals surface area contributed by atoms with E-state index < -0.39 is 0 Å². The second-order valence-electron chi connectivity index (χ2n) is 8.40. The highest BCUT2D eigenvalue weighted by Gasteiger charge is 2.56. The highest BCUT2D eigenvalue weighted by atomic mass is 16.1. The lowest BCUT2D eigenvalue weighted by Gasteiger charge is -2.58. The average Bonchev–Trinajstić information content (AvgIpc) is 2.74. The molecule has 4 rings (SSSR count). The van der Waals surface area contributed by atoms with Crippen molar-refractivity contribution in [3.8, 4) is 0 Å². The summed E-state index contributed by atoms with van der Waals surface area (Å²) in [6.07, 6.45) is 14.0. The Balaban J connectivity index is 1.70. The predicted molar refractivity (Wildman–Crippen MR) is 81.3 cm³/mol. The van der Waals surface area contributed by atoms with Crippen LogP contribution in [-0.4, -0.2) is 5.78 Å². The van der Waals surface area contributed by atoms with Crippen LogP contribution in [0.1, 0.15) is 71.6 Å². The van der Waals surface area contributed by atoms with Crippen LogP contribution in [0.15, 0.2) is 11.6 Å². The molecule has 4 aliphatic rings. The van der Waals surface area contributed by atoms with Crippen molar-refractivity contribution in [2.75, 3.05) is 0 Å². The number of carbonyl (C=O) groups is 1. The Morgan fingerprint density at radius 1 is 1.05 bits per heavy atom. The molecule has 0 bridgehead atoms. The van der Waals surface area contributed by atoms with E-state index in [0.717, 1.165) is 30.6 Å². The second-order valence-corrected chi connectivity index (χ2v) is 8.40. The molecule has 0 aromatic rings. The van der Waals surface area contributed by atoms with Crippen molar-refractivity contribution in [3.05, 3.63) is 11.6 Å². The van der Waals surface area contributed by atoms with Gasteiger partial charge in [0.25, 0.3) is 0 Å². The van der Waals surface area contributed by atoms with Crippen LogP contribution in [0.25, 0.3) is 0 Å². The SMILES string of the molecule is C[C@]12CC[C@@H]3[C@@H](CC[C@H]4CCCC[C@]43C)C1=CCC2=O. The van der Waals surface area contributed by atoms with Crippen LogP contribution in [-0.2, 0) is 4.79 Å². The van der Waals surface area contributed by atoms with Gasteiger partial charge in [-0.1, -0.05) is 31.4 Å². The van der Waals surface area contributed by atoms with E-state index in [-0.39, 0.29) is 5.41 Å². The largest absolute Gasteiger partial charge is 0.298 e. The first-order chi connectivity index (χ1) is 9.56. The smallest absolute Gasteiger partial charge is 0.146 e. The van der Waals surface area contributed by atoms with Gasteiger partial charge < -0.3 is 0 Å². The van der Waals surface area contributed by atoms with Crippen LogP contribution in [0.2, 0.25) is 0 Å². The molecule has 0 aromatic heterocycles. The summed E-state index contributed by atoms with van der Waals surface area (Å²) in [4.78, 5) is 12.3. The monoisotopic (exact) mass is 272 g/mol. The molecule has 20 heavy (non-hydrogen) atoms. The molecule has 0 aliphatic heterocycles. The Kier molecular flexibility index (Phi) is 2.76. The molecule has 0 amide bonds. The lowest BCUT2D eigenvalue weighted by atomic mass is 9.46. The van der Waals surface area contributed by atoms with Crippen molar-refractivity contribution in [2.45, 2.75) is 71.6 Å². The molecular formula is C19H28O. The summed E-state index contributed by atoms with van der Waals surface area (Å²) in [5, 5.41) is 0. The van der Waals surface area contributed by atoms with Gasteiger partial charge in [0.05, 0.1) is 0 Å². The zero-order valence-corrected chi connectivity index (χ0v) is 13.1. The summed E-state index contributed by atoms with van der Waals surface area (Å²) in [6.45, 7) is 4.83. The fraction of sp³-hybridized carbons (Fsp3) is 0.842. The Hall–Kier alpha value is -0.590. The molecule has 0 spiro atoms. The minimum absolute atomic E-state index is 0.0704. The van der Waals surface area contributed by atoms with E-state index in [1.54, 1.807) is 5.57 Å². The number of ketones is 1. The predicted octanol–water partition coefficient (Wildman–Crippen LogP) is 4.91. The first kappa shape index (κ1) is 13.1. The molecule has 0 heterocycles. The van der Waals surface area contributed by atoms with Gasteiger partial charge in [-0.2, -0.15) is 0 Å². The molecule has 3 fully saturated rings. The quantitative estimate of drug-likeness (QED) is 0.573. The van der Waals surface area contributed by atoms with E-state index in [1.165, 1.54) is 44.9 Å². The number of hydrogen-bond acceptors (Lipinski definition) is 1. The average molecular weight is 272 g/mol. The zero-order chi connectivity index (χ0) is 14.0. The molecule has 0 radical (unpaired) electrons. The van der Waals surface area contributed by atoms with E-state index in [2.05, 4.69) is 19.9 Å². The Labute approximate surface area is 123 Å². The van der Waals surface area contributed by atoms with E-state index in [4.69, 9.17) is 0 Å². The molecule has 4 aliphatic carbocycles. The third-order valence-electron chi connectivity index (χ3n) is 7.72. The van der Waals surface area contributed by atoms with Gasteiger partial charge >= 0.3 is 0 Å². The van der Waals surface area contributed by atoms with Crippen LogP contribution in [0.4, 0.5) is 0 Å². The highest BCUT2D eigenvalue weighted by Crippen LogP contribution is 2.64. The van der Waals surface area contributed by atoms with E-state index in [0.29, 0.717) is 11.2 Å². The molecule has 5 atom stereocenters. The van der Waals surface area contributed by atoms with E-state index in [1.807, 2.05) is 0 Å². The van der Waals surface area contributed by atoms with Crippen molar-refractivity contribution in [3.63, 3.8) is 0 Å². The summed E-state index contributed by atoms with van der Waals surface area (Å²) in [5.41, 5.74) is 2.07. The van der Waals surface area contributed by atoms with Crippen molar-refractivity contribution in [1.29, 1.82) is 0 Å². The lowest BCUT2D eigenvalue weighted by molar-refractivity contribution is -0.127. The van der Waals surface area contributed by atoms with Crippen molar-refractivity contribution in [2.24, 2.45) is 28.6 Å². The Bertz CT molecular complexity index is 476. The Morgan fingerprint density at radius 3 is 2.75 bits per heavy atom. The van der Waals surface area contributed by atoms with Crippen LogP contribution >= 0.6 is 0 Å². The summed E-state index contributed by atoms with van der Waals surface area (Å²) >= 11 is 0. The number of hydrogen-bond donors (Lipinski definition) is 0. The van der Waals surface area contributed by atoms with E-state index >= 15 is 0 Å². The highest BCUT2D eigenvalue weighted by molar-refractivity contribution is 5.92. The minimum atomic E-state index is -0.0704. The minimum Gasteiger partial charge on any atom is -0.298 e. The normalized spacial score (nSPS) is 51.0. The number of allylic oxidation sites excluding steroid dienone is 2. The Morgan fingerprint density at radius 2 is 1.90 bits per heavy atom. The molecule has 0 unspecified atom stereocenters. The van der Waals surface area contributed by atoms with Gasteiger partial charge in [0.1, 0.15) is 5.78 Å². The molecule has 0 aromatic carbocycles. The van der Waals surface area contributed by atoms with Crippen LogP contribution in [0, 0.1) is 28.6 Å². The first-order valence-corrected chi connectivity index (χ1v) is 8.79. The molecule has 1 heteroatoms. The molecule has 3 saturated carbocycles. The van der Waals surface area contributed by atoms with Crippen LogP contribution in [0.5, 0.6) is 0 Å². The van der Waals surface area contributed by atoms with Crippen molar-refractivity contribution >= 4 is 5.78 Å².